The van der Waals surface area contributed by atoms with Crippen LogP contribution in [0.3, 0.4) is 0 Å². The summed E-state index contributed by atoms with van der Waals surface area (Å²) in [7, 11) is 0. The smallest absolute Gasteiger partial charge is 0.0991 e. The molecule has 0 fully saturated rings. The first-order valence-corrected chi connectivity index (χ1v) is 6.73. The van der Waals surface area contributed by atoms with Crippen LogP contribution in [0.25, 0.3) is 0 Å². The molecule has 0 spiro atoms. The van der Waals surface area contributed by atoms with Gasteiger partial charge in [-0.1, -0.05) is 46.3 Å². The zero-order valence-electron chi connectivity index (χ0n) is 12.3. The summed E-state index contributed by atoms with van der Waals surface area (Å²) in [6.45, 7) is 15.3. The molecule has 1 heteroatoms. The van der Waals surface area contributed by atoms with Gasteiger partial charge in [0.2, 0.25) is 0 Å². The maximum Gasteiger partial charge on any atom is 0.0991 e. The van der Waals surface area contributed by atoms with Gasteiger partial charge < -0.3 is 4.74 Å². The molecule has 0 aromatic rings. The minimum Gasteiger partial charge on any atom is -0.498 e. The lowest BCUT2D eigenvalue weighted by Crippen LogP contribution is -2.01. The van der Waals surface area contributed by atoms with Crippen LogP contribution in [0.2, 0.25) is 0 Å². The van der Waals surface area contributed by atoms with E-state index in [9.17, 15) is 0 Å². The van der Waals surface area contributed by atoms with Crippen molar-refractivity contribution in [3.8, 4) is 0 Å². The van der Waals surface area contributed by atoms with Gasteiger partial charge >= 0.3 is 0 Å². The van der Waals surface area contributed by atoms with E-state index in [1.165, 1.54) is 16.9 Å². The Kier molecular flexibility index (Phi) is 13.6. The summed E-state index contributed by atoms with van der Waals surface area (Å²) in [4.78, 5) is 0. The largest absolute Gasteiger partial charge is 0.498 e. The first kappa shape index (κ1) is 17.7. The summed E-state index contributed by atoms with van der Waals surface area (Å²) in [6, 6.07) is 0. The lowest BCUT2D eigenvalue weighted by molar-refractivity contribution is 0.198. The maximum atomic E-state index is 5.63. The Labute approximate surface area is 103 Å². The fourth-order valence-electron chi connectivity index (χ4n) is 1.44. The van der Waals surface area contributed by atoms with Gasteiger partial charge in [0, 0.05) is 6.42 Å². The molecular weight excluding hydrogens is 196 g/mol. The van der Waals surface area contributed by atoms with Crippen LogP contribution in [-0.4, -0.2) is 6.61 Å². The summed E-state index contributed by atoms with van der Waals surface area (Å²) in [6.07, 6.45) is 5.58. The van der Waals surface area contributed by atoms with Crippen molar-refractivity contribution < 1.29 is 4.74 Å². The number of allylic oxidation sites excluding steroid dienone is 4. The molecule has 0 N–H and O–H groups in total. The Morgan fingerprint density at radius 3 is 2.06 bits per heavy atom. The third-order valence-electron chi connectivity index (χ3n) is 2.13. The van der Waals surface area contributed by atoms with Crippen LogP contribution in [0, 0.1) is 0 Å². The molecule has 16 heavy (non-hydrogen) atoms. The van der Waals surface area contributed by atoms with Crippen molar-refractivity contribution in [1.29, 1.82) is 0 Å². The molecule has 1 aliphatic carbocycles. The van der Waals surface area contributed by atoms with Crippen LogP contribution in [-0.2, 0) is 4.74 Å². The van der Waals surface area contributed by atoms with Gasteiger partial charge in [-0.2, -0.15) is 0 Å². The second-order valence-electron chi connectivity index (χ2n) is 3.45. The summed E-state index contributed by atoms with van der Waals surface area (Å²) in [5.74, 6) is 1.20. The number of rotatable bonds is 3. The van der Waals surface area contributed by atoms with E-state index in [4.69, 9.17) is 4.74 Å². The molecule has 0 aliphatic heterocycles. The highest BCUT2D eigenvalue weighted by Gasteiger charge is 2.08. The number of hydrogen-bond donors (Lipinski definition) is 0. The summed E-state index contributed by atoms with van der Waals surface area (Å²) < 4.78 is 5.63. The number of hydrogen-bond acceptors (Lipinski definition) is 1. The lowest BCUT2D eigenvalue weighted by Gasteiger charge is -2.16. The second kappa shape index (κ2) is 12.4. The Hall–Kier alpha value is -0.720. The molecule has 1 nitrogen and oxygen atoms in total. The van der Waals surface area contributed by atoms with E-state index in [-0.39, 0.29) is 0 Å². The molecule has 0 aromatic heterocycles. The third kappa shape index (κ3) is 7.56. The molecule has 0 unspecified atom stereocenters. The van der Waals surface area contributed by atoms with E-state index in [0.29, 0.717) is 0 Å². The molecular formula is C15H30O. The predicted octanol–water partition coefficient (Wildman–Crippen LogP) is 5.48. The van der Waals surface area contributed by atoms with Crippen LogP contribution < -0.4 is 0 Å². The van der Waals surface area contributed by atoms with Crippen molar-refractivity contribution in [2.45, 2.75) is 67.7 Å². The normalized spacial score (nSPS) is 14.1. The van der Waals surface area contributed by atoms with Crippen LogP contribution in [0.5, 0.6) is 0 Å². The van der Waals surface area contributed by atoms with E-state index in [1.807, 2.05) is 27.7 Å². The fraction of sp³-hybridized carbons (Fsp3) is 0.733. The average molecular weight is 226 g/mol. The topological polar surface area (TPSA) is 9.23 Å². The third-order valence-corrected chi connectivity index (χ3v) is 2.13. The molecule has 0 saturated carbocycles. The first-order chi connectivity index (χ1) is 7.74. The summed E-state index contributed by atoms with van der Waals surface area (Å²) in [5, 5.41) is 0. The molecule has 0 atom stereocenters. The molecule has 0 heterocycles. The molecule has 0 radical (unpaired) electrons. The van der Waals surface area contributed by atoms with Crippen LogP contribution in [0.1, 0.15) is 67.7 Å². The van der Waals surface area contributed by atoms with Crippen molar-refractivity contribution in [3.05, 3.63) is 23.0 Å². The SMILES string of the molecule is CC.CC.CCCOC1=C(C)C=C(C)CC1. The highest BCUT2D eigenvalue weighted by molar-refractivity contribution is 5.28. The van der Waals surface area contributed by atoms with Gasteiger partial charge in [-0.25, -0.2) is 0 Å². The first-order valence-electron chi connectivity index (χ1n) is 6.73. The van der Waals surface area contributed by atoms with Gasteiger partial charge in [-0.05, 0) is 32.3 Å². The van der Waals surface area contributed by atoms with E-state index >= 15 is 0 Å². The van der Waals surface area contributed by atoms with E-state index in [0.717, 1.165) is 25.9 Å². The van der Waals surface area contributed by atoms with E-state index < -0.39 is 0 Å². The molecule has 0 saturated heterocycles. The molecule has 1 rings (SSSR count). The molecule has 1 aliphatic rings. The monoisotopic (exact) mass is 226 g/mol. The Bertz CT molecular complexity index is 211. The van der Waals surface area contributed by atoms with Crippen molar-refractivity contribution >= 4 is 0 Å². The molecule has 96 valence electrons. The second-order valence-corrected chi connectivity index (χ2v) is 3.45. The van der Waals surface area contributed by atoms with E-state index in [1.54, 1.807) is 0 Å². The standard InChI is InChI=1S/C11H18O.2C2H6/c1-4-7-12-11-6-5-9(2)8-10(11)3;2*1-2/h8H,4-7H2,1-3H3;2*1-2H3. The fourth-order valence-corrected chi connectivity index (χ4v) is 1.44. The summed E-state index contributed by atoms with van der Waals surface area (Å²) in [5.41, 5.74) is 2.78. The number of ether oxygens (including phenoxy) is 1. The quantitative estimate of drug-likeness (QED) is 0.619. The minimum atomic E-state index is 0.861. The highest BCUT2D eigenvalue weighted by atomic mass is 16.5. The Balaban J connectivity index is 0. The highest BCUT2D eigenvalue weighted by Crippen LogP contribution is 2.23. The Morgan fingerprint density at radius 1 is 1.06 bits per heavy atom. The minimum absolute atomic E-state index is 0.861. The zero-order valence-corrected chi connectivity index (χ0v) is 12.3. The van der Waals surface area contributed by atoms with Crippen molar-refractivity contribution in [1.82, 2.24) is 0 Å². The van der Waals surface area contributed by atoms with Crippen LogP contribution >= 0.6 is 0 Å². The van der Waals surface area contributed by atoms with Crippen LogP contribution in [0.4, 0.5) is 0 Å². The maximum absolute atomic E-state index is 5.63. The van der Waals surface area contributed by atoms with Gasteiger partial charge in [-0.15, -0.1) is 0 Å². The van der Waals surface area contributed by atoms with Gasteiger partial charge in [0.15, 0.2) is 0 Å². The average Bonchev–Trinajstić information content (AvgIpc) is 2.33. The van der Waals surface area contributed by atoms with Crippen molar-refractivity contribution in [2.24, 2.45) is 0 Å². The van der Waals surface area contributed by atoms with Crippen LogP contribution in [0.15, 0.2) is 23.0 Å². The predicted molar refractivity (Wildman–Crippen MR) is 74.6 cm³/mol. The molecule has 0 amide bonds. The van der Waals surface area contributed by atoms with Gasteiger partial charge in [0.25, 0.3) is 0 Å². The van der Waals surface area contributed by atoms with Gasteiger partial charge in [0.1, 0.15) is 0 Å². The lowest BCUT2D eigenvalue weighted by atomic mass is 10.00. The van der Waals surface area contributed by atoms with E-state index in [2.05, 4.69) is 26.8 Å². The zero-order chi connectivity index (χ0) is 13.0. The molecule has 0 aromatic carbocycles. The Morgan fingerprint density at radius 2 is 1.62 bits per heavy atom. The van der Waals surface area contributed by atoms with Gasteiger partial charge in [-0.3, -0.25) is 0 Å². The molecule has 0 bridgehead atoms. The van der Waals surface area contributed by atoms with Crippen molar-refractivity contribution in [2.75, 3.05) is 6.61 Å². The van der Waals surface area contributed by atoms with Crippen molar-refractivity contribution in [3.63, 3.8) is 0 Å². The summed E-state index contributed by atoms with van der Waals surface area (Å²) >= 11 is 0. The van der Waals surface area contributed by atoms with Gasteiger partial charge in [0.05, 0.1) is 12.4 Å².